The SMILES string of the molecule is C1=CN(c2ccccc2)c2cccc3cc4c(c1c23)c1ccccc1n4-c1cccc(-c2nc3cc(-c4cc5c6c(c7c8ccccc8n(-c8ccccc8-c8nc9ccccc9n8-c8ccccc8)c7cc6c4)C=CN5c4ccccc4)ccc3n2-c2ccccc2)c1. The molecule has 2 aliphatic rings. The lowest BCUT2D eigenvalue weighted by Crippen LogP contribution is -2.12. The summed E-state index contributed by atoms with van der Waals surface area (Å²) in [5, 5.41) is 9.64. The molecule has 20 rings (SSSR count). The number of anilines is 4. The lowest BCUT2D eigenvalue weighted by atomic mass is 9.91. The summed E-state index contributed by atoms with van der Waals surface area (Å²) < 4.78 is 9.55. The molecule has 14 aromatic carbocycles. The second-order valence-corrected chi connectivity index (χ2v) is 24.6. The van der Waals surface area contributed by atoms with E-state index in [1.165, 1.54) is 54.5 Å². The van der Waals surface area contributed by atoms with Gasteiger partial charge in [-0.2, -0.15) is 0 Å². The molecule has 0 fully saturated rings. The van der Waals surface area contributed by atoms with E-state index in [9.17, 15) is 0 Å². The van der Waals surface area contributed by atoms with Crippen LogP contribution in [0, 0.1) is 0 Å². The van der Waals surface area contributed by atoms with Crippen molar-refractivity contribution in [1.82, 2.24) is 28.2 Å². The van der Waals surface area contributed by atoms with Gasteiger partial charge in [-0.3, -0.25) is 9.13 Å². The first-order chi connectivity index (χ1) is 46.6. The molecule has 94 heavy (non-hydrogen) atoms. The number of hydrogen-bond donors (Lipinski definition) is 0. The van der Waals surface area contributed by atoms with Crippen LogP contribution < -0.4 is 9.80 Å². The number of rotatable bonds is 9. The molecule has 0 saturated heterocycles. The quantitative estimate of drug-likeness (QED) is 0.145. The lowest BCUT2D eigenvalue weighted by molar-refractivity contribution is 1.09. The van der Waals surface area contributed by atoms with E-state index in [4.69, 9.17) is 9.97 Å². The van der Waals surface area contributed by atoms with Crippen molar-refractivity contribution in [1.29, 1.82) is 0 Å². The Bertz CT molecular complexity index is 6230. The van der Waals surface area contributed by atoms with Gasteiger partial charge in [-0.1, -0.05) is 164 Å². The second kappa shape index (κ2) is 20.4. The molecule has 0 N–H and O–H groups in total. The van der Waals surface area contributed by atoms with Crippen molar-refractivity contribution in [3.63, 3.8) is 0 Å². The van der Waals surface area contributed by atoms with Gasteiger partial charge in [-0.15, -0.1) is 0 Å². The summed E-state index contributed by atoms with van der Waals surface area (Å²) in [4.78, 5) is 15.8. The minimum absolute atomic E-state index is 0.864. The fourth-order valence-electron chi connectivity index (χ4n) is 15.4. The Morgan fingerprint density at radius 3 is 1.46 bits per heavy atom. The monoisotopic (exact) mass is 1200 g/mol. The molecule has 2 aliphatic heterocycles. The topological polar surface area (TPSA) is 52.0 Å². The smallest absolute Gasteiger partial charge is 0.147 e. The van der Waals surface area contributed by atoms with Crippen LogP contribution in [0.5, 0.6) is 0 Å². The van der Waals surface area contributed by atoms with Crippen LogP contribution in [0.4, 0.5) is 22.7 Å². The molecule has 8 nitrogen and oxygen atoms in total. The van der Waals surface area contributed by atoms with Crippen LogP contribution in [0.25, 0.3) is 156 Å². The zero-order valence-electron chi connectivity index (χ0n) is 50.8. The molecule has 0 spiro atoms. The van der Waals surface area contributed by atoms with E-state index in [-0.39, 0.29) is 0 Å². The first-order valence-electron chi connectivity index (χ1n) is 32.0. The van der Waals surface area contributed by atoms with Gasteiger partial charge < -0.3 is 18.9 Å². The summed E-state index contributed by atoms with van der Waals surface area (Å²) in [5.41, 5.74) is 23.9. The van der Waals surface area contributed by atoms with Gasteiger partial charge in [0.2, 0.25) is 0 Å². The Hall–Kier alpha value is -12.8. The molecule has 438 valence electrons. The maximum absolute atomic E-state index is 5.69. The lowest BCUT2D eigenvalue weighted by Gasteiger charge is -2.28. The Morgan fingerprint density at radius 1 is 0.245 bits per heavy atom. The average molecular weight is 1200 g/mol. The van der Waals surface area contributed by atoms with Gasteiger partial charge in [0.25, 0.3) is 0 Å². The maximum Gasteiger partial charge on any atom is 0.147 e. The summed E-state index contributed by atoms with van der Waals surface area (Å²) in [6, 6.07) is 110. The zero-order chi connectivity index (χ0) is 61.5. The van der Waals surface area contributed by atoms with Crippen molar-refractivity contribution in [2.75, 3.05) is 9.80 Å². The van der Waals surface area contributed by atoms with Crippen molar-refractivity contribution in [3.8, 4) is 56.7 Å². The summed E-state index contributed by atoms with van der Waals surface area (Å²) in [6.45, 7) is 0. The summed E-state index contributed by atoms with van der Waals surface area (Å²) in [7, 11) is 0. The Morgan fingerprint density at radius 2 is 0.755 bits per heavy atom. The van der Waals surface area contributed by atoms with Crippen molar-refractivity contribution >= 4 is 122 Å². The molecule has 0 amide bonds. The molecule has 0 aliphatic carbocycles. The van der Waals surface area contributed by atoms with Gasteiger partial charge in [-0.25, -0.2) is 9.97 Å². The minimum Gasteiger partial charge on any atom is -0.317 e. The van der Waals surface area contributed by atoms with E-state index >= 15 is 0 Å². The number of hydrogen-bond acceptors (Lipinski definition) is 4. The molecule has 8 heteroatoms. The van der Waals surface area contributed by atoms with Crippen LogP contribution in [0.15, 0.2) is 316 Å². The van der Waals surface area contributed by atoms with Crippen LogP contribution in [0.3, 0.4) is 0 Å². The van der Waals surface area contributed by atoms with Crippen LogP contribution in [-0.2, 0) is 0 Å². The average Bonchev–Trinajstić information content (AvgIpc) is 1.46. The van der Waals surface area contributed by atoms with Crippen LogP contribution >= 0.6 is 0 Å². The zero-order valence-corrected chi connectivity index (χ0v) is 50.8. The summed E-state index contributed by atoms with van der Waals surface area (Å²) in [5.74, 6) is 1.75. The molecule has 0 unspecified atom stereocenters. The number of nitrogens with zero attached hydrogens (tertiary/aromatic N) is 8. The van der Waals surface area contributed by atoms with Crippen LogP contribution in [-0.4, -0.2) is 28.2 Å². The molecule has 6 heterocycles. The standard InChI is InChI=1S/C86H54N8/c1-5-25-60(26-6-1)89-47-45-68-81-56(23-22-42-77(81)89)52-79-83(68)65-34-13-17-38-72(65)91(79)64-33-21-24-57(50-64)85-88-71-51-55(43-44-76(71)92(85)62-29-9-3-10-30-62)58-49-59-54-80-84(69-46-48-90(78(53-58)82(59)69)61-27-7-2-8-28-61)66-35-14-18-39-73(66)94(80)74-40-19-15-36-67(74)86-87-70-37-16-20-41-75(70)93(86)63-31-11-4-12-32-63/h1-54H. The van der Waals surface area contributed by atoms with Gasteiger partial charge in [0.15, 0.2) is 0 Å². The largest absolute Gasteiger partial charge is 0.317 e. The first kappa shape index (κ1) is 52.0. The van der Waals surface area contributed by atoms with Crippen molar-refractivity contribution in [3.05, 3.63) is 327 Å². The molecule has 18 aromatic rings. The van der Waals surface area contributed by atoms with Crippen LogP contribution in [0.1, 0.15) is 11.1 Å². The third-order valence-electron chi connectivity index (χ3n) is 19.4. The van der Waals surface area contributed by atoms with Crippen molar-refractivity contribution in [2.45, 2.75) is 0 Å². The Kier molecular flexibility index (Phi) is 11.3. The number of para-hydroxylation sites is 9. The normalized spacial score (nSPS) is 12.8. The molecular formula is C86H54N8. The summed E-state index contributed by atoms with van der Waals surface area (Å²) in [6.07, 6.45) is 9.12. The fourth-order valence-corrected chi connectivity index (χ4v) is 15.4. The highest BCUT2D eigenvalue weighted by atomic mass is 15.1. The van der Waals surface area contributed by atoms with Gasteiger partial charge >= 0.3 is 0 Å². The molecule has 0 atom stereocenters. The number of aromatic nitrogens is 6. The second-order valence-electron chi connectivity index (χ2n) is 24.6. The Balaban J connectivity index is 0.770. The van der Waals surface area contributed by atoms with Crippen molar-refractivity contribution in [2.24, 2.45) is 0 Å². The third kappa shape index (κ3) is 7.74. The van der Waals surface area contributed by atoms with E-state index in [0.29, 0.717) is 0 Å². The summed E-state index contributed by atoms with van der Waals surface area (Å²) >= 11 is 0. The van der Waals surface area contributed by atoms with E-state index < -0.39 is 0 Å². The molecule has 0 saturated carbocycles. The molecule has 4 aromatic heterocycles. The van der Waals surface area contributed by atoms with Gasteiger partial charge in [0.05, 0.1) is 61.2 Å². The molecular weight excluding hydrogens is 1150 g/mol. The van der Waals surface area contributed by atoms with E-state index in [2.05, 4.69) is 356 Å². The van der Waals surface area contributed by atoms with E-state index in [0.717, 1.165) is 123 Å². The first-order valence-corrected chi connectivity index (χ1v) is 32.0. The molecule has 0 radical (unpaired) electrons. The fraction of sp³-hybridized carbons (Fsp3) is 0. The van der Waals surface area contributed by atoms with E-state index in [1.807, 2.05) is 0 Å². The maximum atomic E-state index is 5.69. The minimum atomic E-state index is 0.864. The van der Waals surface area contributed by atoms with Gasteiger partial charge in [0, 0.05) is 84.3 Å². The highest BCUT2D eigenvalue weighted by Gasteiger charge is 2.28. The van der Waals surface area contributed by atoms with Crippen LogP contribution in [0.2, 0.25) is 0 Å². The number of fused-ring (bicyclic) bond motifs is 10. The van der Waals surface area contributed by atoms with Gasteiger partial charge in [0.1, 0.15) is 11.6 Å². The number of imidazole rings is 2. The highest BCUT2D eigenvalue weighted by molar-refractivity contribution is 6.24. The van der Waals surface area contributed by atoms with Crippen molar-refractivity contribution < 1.29 is 0 Å². The van der Waals surface area contributed by atoms with E-state index in [1.54, 1.807) is 0 Å². The number of benzene rings is 14. The molecule has 0 bridgehead atoms. The predicted molar refractivity (Wildman–Crippen MR) is 391 cm³/mol. The van der Waals surface area contributed by atoms with Gasteiger partial charge in [-0.05, 0) is 185 Å². The predicted octanol–water partition coefficient (Wildman–Crippen LogP) is 22.1. The Labute approximate surface area is 540 Å². The highest BCUT2D eigenvalue weighted by Crippen LogP contribution is 2.50. The third-order valence-corrected chi connectivity index (χ3v) is 19.4.